The summed E-state index contributed by atoms with van der Waals surface area (Å²) < 4.78 is 32.1. The van der Waals surface area contributed by atoms with E-state index in [4.69, 9.17) is 4.74 Å². The number of halogens is 2. The lowest BCUT2D eigenvalue weighted by Gasteiger charge is -2.26. The van der Waals surface area contributed by atoms with Gasteiger partial charge in [-0.3, -0.25) is 4.79 Å². The quantitative estimate of drug-likeness (QED) is 0.778. The van der Waals surface area contributed by atoms with Crippen molar-refractivity contribution >= 4 is 5.78 Å². The van der Waals surface area contributed by atoms with Crippen LogP contribution in [0.3, 0.4) is 0 Å². The summed E-state index contributed by atoms with van der Waals surface area (Å²) in [7, 11) is 1.92. The summed E-state index contributed by atoms with van der Waals surface area (Å²) in [6.45, 7) is 3.23. The molecule has 1 aromatic carbocycles. The number of carbonyl (C=O) groups excluding carboxylic acids is 1. The number of benzene rings is 1. The fraction of sp³-hybridized carbons (Fsp3) is 0.533. The fourth-order valence-corrected chi connectivity index (χ4v) is 2.60. The van der Waals surface area contributed by atoms with Gasteiger partial charge in [-0.25, -0.2) is 8.78 Å². The van der Waals surface area contributed by atoms with Crippen LogP contribution < -0.4 is 0 Å². The number of rotatable bonds is 5. The minimum absolute atomic E-state index is 0.140. The Morgan fingerprint density at radius 3 is 2.85 bits per heavy atom. The molecule has 1 fully saturated rings. The van der Waals surface area contributed by atoms with Crippen LogP contribution in [-0.4, -0.2) is 43.0 Å². The number of ketones is 1. The molecule has 1 aliphatic rings. The largest absolute Gasteiger partial charge is 0.377 e. The third-order valence-electron chi connectivity index (χ3n) is 3.85. The van der Waals surface area contributed by atoms with Gasteiger partial charge in [0.15, 0.2) is 17.4 Å². The molecule has 1 heterocycles. The highest BCUT2D eigenvalue weighted by Crippen LogP contribution is 2.19. The van der Waals surface area contributed by atoms with E-state index in [0.29, 0.717) is 6.54 Å². The normalized spacial score (nSPS) is 22.4. The molecule has 0 bridgehead atoms. The van der Waals surface area contributed by atoms with E-state index in [-0.39, 0.29) is 29.9 Å². The molecule has 1 saturated heterocycles. The summed E-state index contributed by atoms with van der Waals surface area (Å²) in [5, 5.41) is 0. The SMILES string of the molecule is CC1OCCC1N(C)CCC(=O)c1cccc(F)c1F. The average molecular weight is 283 g/mol. The third kappa shape index (κ3) is 3.22. The van der Waals surface area contributed by atoms with E-state index in [9.17, 15) is 13.6 Å². The summed E-state index contributed by atoms with van der Waals surface area (Å²) in [6, 6.07) is 3.96. The molecule has 0 aromatic heterocycles. The first-order valence-electron chi connectivity index (χ1n) is 6.79. The molecule has 0 saturated carbocycles. The van der Waals surface area contributed by atoms with Crippen molar-refractivity contribution in [2.45, 2.75) is 31.9 Å². The maximum atomic E-state index is 13.5. The molecular formula is C15H19F2NO2. The first-order chi connectivity index (χ1) is 9.50. The number of ether oxygens (including phenoxy) is 1. The van der Waals surface area contributed by atoms with Gasteiger partial charge in [0.25, 0.3) is 0 Å². The number of hydrogen-bond donors (Lipinski definition) is 0. The summed E-state index contributed by atoms with van der Waals surface area (Å²) in [6.07, 6.45) is 1.24. The Bertz CT molecular complexity index is 493. The zero-order valence-electron chi connectivity index (χ0n) is 11.7. The average Bonchev–Trinajstić information content (AvgIpc) is 2.85. The topological polar surface area (TPSA) is 29.5 Å². The van der Waals surface area contributed by atoms with Crippen LogP contribution in [0, 0.1) is 11.6 Å². The van der Waals surface area contributed by atoms with E-state index in [0.717, 1.165) is 19.1 Å². The van der Waals surface area contributed by atoms with Crippen molar-refractivity contribution in [3.8, 4) is 0 Å². The van der Waals surface area contributed by atoms with Crippen LogP contribution in [0.2, 0.25) is 0 Å². The highest BCUT2D eigenvalue weighted by molar-refractivity contribution is 5.96. The fourth-order valence-electron chi connectivity index (χ4n) is 2.60. The number of nitrogens with zero attached hydrogens (tertiary/aromatic N) is 1. The lowest BCUT2D eigenvalue weighted by Crippen LogP contribution is -2.38. The molecule has 20 heavy (non-hydrogen) atoms. The summed E-state index contributed by atoms with van der Waals surface area (Å²) >= 11 is 0. The molecule has 2 unspecified atom stereocenters. The van der Waals surface area contributed by atoms with Crippen molar-refractivity contribution < 1.29 is 18.3 Å². The van der Waals surface area contributed by atoms with Crippen molar-refractivity contribution in [1.82, 2.24) is 4.90 Å². The van der Waals surface area contributed by atoms with Gasteiger partial charge in [-0.2, -0.15) is 0 Å². The molecule has 0 aliphatic carbocycles. The predicted molar refractivity (Wildman–Crippen MR) is 71.8 cm³/mol. The van der Waals surface area contributed by atoms with Crippen LogP contribution in [-0.2, 0) is 4.74 Å². The van der Waals surface area contributed by atoms with E-state index in [1.54, 1.807) is 0 Å². The second kappa shape index (κ2) is 6.41. The van der Waals surface area contributed by atoms with Crippen molar-refractivity contribution in [3.63, 3.8) is 0 Å². The molecule has 1 aromatic rings. The predicted octanol–water partition coefficient (Wildman–Crippen LogP) is 2.65. The van der Waals surface area contributed by atoms with Crippen LogP contribution in [0.25, 0.3) is 0 Å². The van der Waals surface area contributed by atoms with Gasteiger partial charge in [-0.15, -0.1) is 0 Å². The standard InChI is InChI=1S/C15H19F2NO2/c1-10-13(7-9-20-10)18(2)8-6-14(19)11-4-3-5-12(16)15(11)17/h3-5,10,13H,6-9H2,1-2H3. The van der Waals surface area contributed by atoms with Gasteiger partial charge in [-0.05, 0) is 32.5 Å². The van der Waals surface area contributed by atoms with E-state index >= 15 is 0 Å². The van der Waals surface area contributed by atoms with Crippen molar-refractivity contribution in [3.05, 3.63) is 35.4 Å². The zero-order chi connectivity index (χ0) is 14.7. The second-order valence-electron chi connectivity index (χ2n) is 5.19. The lowest BCUT2D eigenvalue weighted by atomic mass is 10.1. The summed E-state index contributed by atoms with van der Waals surface area (Å²) in [5.41, 5.74) is -0.172. The maximum absolute atomic E-state index is 13.5. The van der Waals surface area contributed by atoms with Crippen LogP contribution in [0.15, 0.2) is 18.2 Å². The molecule has 0 spiro atoms. The number of hydrogen-bond acceptors (Lipinski definition) is 3. The van der Waals surface area contributed by atoms with Crippen LogP contribution >= 0.6 is 0 Å². The molecule has 0 amide bonds. The smallest absolute Gasteiger partial charge is 0.169 e. The van der Waals surface area contributed by atoms with E-state index in [1.807, 2.05) is 18.9 Å². The first kappa shape index (κ1) is 15.1. The van der Waals surface area contributed by atoms with Crippen molar-refractivity contribution in [1.29, 1.82) is 0 Å². The molecule has 1 aliphatic heterocycles. The summed E-state index contributed by atoms with van der Waals surface area (Å²) in [5.74, 6) is -2.42. The van der Waals surface area contributed by atoms with Crippen molar-refractivity contribution in [2.75, 3.05) is 20.2 Å². The molecule has 2 rings (SSSR count). The highest BCUT2D eigenvalue weighted by atomic mass is 19.2. The Hall–Kier alpha value is -1.33. The van der Waals surface area contributed by atoms with Gasteiger partial charge >= 0.3 is 0 Å². The van der Waals surface area contributed by atoms with Gasteiger partial charge in [-0.1, -0.05) is 6.07 Å². The molecule has 110 valence electrons. The molecule has 0 radical (unpaired) electrons. The Morgan fingerprint density at radius 2 is 2.20 bits per heavy atom. The van der Waals surface area contributed by atoms with Gasteiger partial charge in [0.1, 0.15) is 0 Å². The van der Waals surface area contributed by atoms with Crippen LogP contribution in [0.5, 0.6) is 0 Å². The van der Waals surface area contributed by atoms with Crippen LogP contribution in [0.4, 0.5) is 8.78 Å². The summed E-state index contributed by atoms with van der Waals surface area (Å²) in [4.78, 5) is 14.0. The molecular weight excluding hydrogens is 264 g/mol. The number of carbonyl (C=O) groups is 1. The Balaban J connectivity index is 1.93. The molecule has 3 nitrogen and oxygen atoms in total. The van der Waals surface area contributed by atoms with Gasteiger partial charge in [0.2, 0.25) is 0 Å². The molecule has 2 atom stereocenters. The molecule has 0 N–H and O–H groups in total. The third-order valence-corrected chi connectivity index (χ3v) is 3.85. The lowest BCUT2D eigenvalue weighted by molar-refractivity contribution is 0.0791. The van der Waals surface area contributed by atoms with E-state index < -0.39 is 11.6 Å². The van der Waals surface area contributed by atoms with Crippen molar-refractivity contribution in [2.24, 2.45) is 0 Å². The van der Waals surface area contributed by atoms with Crippen LogP contribution in [0.1, 0.15) is 30.1 Å². The minimum Gasteiger partial charge on any atom is -0.377 e. The van der Waals surface area contributed by atoms with E-state index in [1.165, 1.54) is 12.1 Å². The highest BCUT2D eigenvalue weighted by Gasteiger charge is 2.28. The second-order valence-corrected chi connectivity index (χ2v) is 5.19. The first-order valence-corrected chi connectivity index (χ1v) is 6.79. The van der Waals surface area contributed by atoms with E-state index in [2.05, 4.69) is 0 Å². The monoisotopic (exact) mass is 283 g/mol. The van der Waals surface area contributed by atoms with Gasteiger partial charge in [0, 0.05) is 25.6 Å². The maximum Gasteiger partial charge on any atom is 0.169 e. The number of likely N-dealkylation sites (N-methyl/N-ethyl adjacent to an activating group) is 1. The molecule has 5 heteroatoms. The van der Waals surface area contributed by atoms with Gasteiger partial charge in [0.05, 0.1) is 11.7 Å². The zero-order valence-corrected chi connectivity index (χ0v) is 11.7. The Kier molecular flexibility index (Phi) is 4.83. The Labute approximate surface area is 117 Å². The Morgan fingerprint density at radius 1 is 1.45 bits per heavy atom. The minimum atomic E-state index is -1.06. The number of Topliss-reactive ketones (excluding diaryl/α,β-unsaturated/α-hetero) is 1. The van der Waals surface area contributed by atoms with Gasteiger partial charge < -0.3 is 9.64 Å².